The van der Waals surface area contributed by atoms with Crippen molar-refractivity contribution in [3.05, 3.63) is 47.9 Å². The summed E-state index contributed by atoms with van der Waals surface area (Å²) in [6.07, 6.45) is 9.66. The molecule has 1 aliphatic carbocycles. The highest BCUT2D eigenvalue weighted by Crippen LogP contribution is 2.40. The van der Waals surface area contributed by atoms with Crippen molar-refractivity contribution in [2.45, 2.75) is 44.9 Å². The van der Waals surface area contributed by atoms with Crippen LogP contribution < -0.4 is 10.6 Å². The quantitative estimate of drug-likeness (QED) is 0.335. The van der Waals surface area contributed by atoms with Crippen molar-refractivity contribution in [1.82, 2.24) is 29.7 Å². The Labute approximate surface area is 207 Å². The zero-order chi connectivity index (χ0) is 25.1. The Morgan fingerprint density at radius 2 is 2.11 bits per heavy atom. The molecule has 2 amide bonds. The van der Waals surface area contributed by atoms with Crippen LogP contribution in [0.2, 0.25) is 0 Å². The van der Waals surface area contributed by atoms with Crippen LogP contribution in [0.25, 0.3) is 17.2 Å². The van der Waals surface area contributed by atoms with Gasteiger partial charge >= 0.3 is 6.03 Å². The van der Waals surface area contributed by atoms with Crippen LogP contribution in [-0.2, 0) is 11.2 Å². The molecule has 0 unspecified atom stereocenters. The molecule has 36 heavy (non-hydrogen) atoms. The first-order chi connectivity index (χ1) is 17.6. The topological polar surface area (TPSA) is 158 Å². The number of nitrogens with two attached hydrogens (primary N) is 1. The Morgan fingerprint density at radius 3 is 2.86 bits per heavy atom. The number of aliphatic hydroxyl groups excluding tert-OH is 1. The van der Waals surface area contributed by atoms with E-state index in [9.17, 15) is 4.79 Å². The number of rotatable bonds is 9. The molecule has 4 heterocycles. The summed E-state index contributed by atoms with van der Waals surface area (Å²) in [5.41, 5.74) is 9.94. The first kappa shape index (κ1) is 23.8. The number of ether oxygens (including phenoxy) is 1. The summed E-state index contributed by atoms with van der Waals surface area (Å²) in [6, 6.07) is 3.02. The van der Waals surface area contributed by atoms with Crippen LogP contribution in [0.4, 0.5) is 16.2 Å². The smallest absolute Gasteiger partial charge is 0.324 e. The molecule has 12 nitrogen and oxygen atoms in total. The number of carbonyl (C=O) groups excluding carboxylic acids is 1. The number of aryl methyl sites for hydroxylation is 1. The lowest BCUT2D eigenvalue weighted by Crippen LogP contribution is -2.33. The van der Waals surface area contributed by atoms with E-state index in [1.54, 1.807) is 23.1 Å². The van der Waals surface area contributed by atoms with Crippen molar-refractivity contribution in [3.63, 3.8) is 0 Å². The van der Waals surface area contributed by atoms with Gasteiger partial charge in [-0.05, 0) is 31.4 Å². The highest BCUT2D eigenvalue weighted by atomic mass is 16.5. The summed E-state index contributed by atoms with van der Waals surface area (Å²) >= 11 is 0. The third-order valence-electron chi connectivity index (χ3n) is 6.33. The monoisotopic (exact) mass is 492 g/mol. The molecule has 1 aliphatic rings. The first-order valence-electron chi connectivity index (χ1n) is 12.0. The zero-order valence-electron chi connectivity index (χ0n) is 20.0. The molecule has 0 aliphatic heterocycles. The number of amides is 2. The van der Waals surface area contributed by atoms with Gasteiger partial charge in [0.15, 0.2) is 5.65 Å². The molecule has 1 fully saturated rings. The molecular formula is C24H28N8O4. The van der Waals surface area contributed by atoms with E-state index in [0.717, 1.165) is 42.6 Å². The second kappa shape index (κ2) is 10.4. The van der Waals surface area contributed by atoms with Crippen molar-refractivity contribution >= 4 is 23.1 Å². The van der Waals surface area contributed by atoms with E-state index in [1.165, 1.54) is 4.90 Å². The number of nitrogens with zero attached hydrogens (tertiary/aromatic N) is 7. The van der Waals surface area contributed by atoms with Gasteiger partial charge in [0.2, 0.25) is 11.7 Å². The molecule has 4 aromatic rings. The minimum atomic E-state index is -0.638. The van der Waals surface area contributed by atoms with Crippen LogP contribution >= 0.6 is 0 Å². The van der Waals surface area contributed by atoms with Crippen molar-refractivity contribution in [1.29, 1.82) is 0 Å². The van der Waals surface area contributed by atoms with Crippen LogP contribution in [0.5, 0.6) is 0 Å². The van der Waals surface area contributed by atoms with E-state index in [0.29, 0.717) is 41.8 Å². The van der Waals surface area contributed by atoms with E-state index in [2.05, 4.69) is 25.2 Å². The van der Waals surface area contributed by atoms with Gasteiger partial charge in [0.1, 0.15) is 5.69 Å². The molecule has 0 spiro atoms. The SMILES string of the molecule is Cc1cc(N(C(N)=O)c2cnc3ccnn3c2C2CCCC2)cnc1-c1noc(CCOCCO)n1. The average Bonchev–Trinajstić information content (AvgIpc) is 3.64. The first-order valence-corrected chi connectivity index (χ1v) is 12.0. The average molecular weight is 493 g/mol. The van der Waals surface area contributed by atoms with Crippen LogP contribution in [-0.4, -0.2) is 60.7 Å². The number of primary amides is 1. The number of urea groups is 1. The molecule has 12 heteroatoms. The molecule has 0 saturated heterocycles. The highest BCUT2D eigenvalue weighted by molar-refractivity contribution is 5.99. The van der Waals surface area contributed by atoms with E-state index in [4.69, 9.17) is 20.1 Å². The van der Waals surface area contributed by atoms with Gasteiger partial charge in [-0.1, -0.05) is 18.0 Å². The maximum absolute atomic E-state index is 12.8. The summed E-state index contributed by atoms with van der Waals surface area (Å²) in [7, 11) is 0. The van der Waals surface area contributed by atoms with Gasteiger partial charge in [-0.3, -0.25) is 9.88 Å². The van der Waals surface area contributed by atoms with Gasteiger partial charge in [0, 0.05) is 12.0 Å². The van der Waals surface area contributed by atoms with E-state index < -0.39 is 6.03 Å². The minimum Gasteiger partial charge on any atom is -0.394 e. The lowest BCUT2D eigenvalue weighted by Gasteiger charge is -2.25. The van der Waals surface area contributed by atoms with Gasteiger partial charge in [-0.25, -0.2) is 14.3 Å². The van der Waals surface area contributed by atoms with E-state index >= 15 is 0 Å². The summed E-state index contributed by atoms with van der Waals surface area (Å²) < 4.78 is 12.4. The lowest BCUT2D eigenvalue weighted by molar-refractivity contribution is 0.0908. The number of fused-ring (bicyclic) bond motifs is 1. The maximum Gasteiger partial charge on any atom is 0.324 e. The third-order valence-corrected chi connectivity index (χ3v) is 6.33. The van der Waals surface area contributed by atoms with Crippen molar-refractivity contribution < 1.29 is 19.2 Å². The van der Waals surface area contributed by atoms with Crippen LogP contribution in [0, 0.1) is 6.92 Å². The Kier molecular flexibility index (Phi) is 6.87. The van der Waals surface area contributed by atoms with Gasteiger partial charge in [-0.2, -0.15) is 10.1 Å². The summed E-state index contributed by atoms with van der Waals surface area (Å²) in [6.45, 7) is 2.43. The Hall–Kier alpha value is -3.90. The van der Waals surface area contributed by atoms with Crippen LogP contribution in [0.15, 0.2) is 35.2 Å². The number of hydrogen-bond acceptors (Lipinski definition) is 9. The van der Waals surface area contributed by atoms with Crippen molar-refractivity contribution in [2.24, 2.45) is 5.73 Å². The number of aliphatic hydroxyl groups is 1. The standard InChI is InChI=1S/C24H28N8O4/c1-15-12-17(13-27-21(15)23-29-20(36-30-23)7-10-35-11-9-33)31(24(25)34)18-14-26-19-6-8-28-32(19)22(18)16-4-2-3-5-16/h6,8,12-14,16,33H,2-5,7,9-11H2,1H3,(H2,25,34). The van der Waals surface area contributed by atoms with Crippen molar-refractivity contribution in [2.75, 3.05) is 24.7 Å². The molecular weight excluding hydrogens is 464 g/mol. The minimum absolute atomic E-state index is 0.0408. The fourth-order valence-corrected chi connectivity index (χ4v) is 4.72. The van der Waals surface area contributed by atoms with Crippen LogP contribution in [0.1, 0.15) is 48.7 Å². The van der Waals surface area contributed by atoms with E-state index in [-0.39, 0.29) is 19.1 Å². The lowest BCUT2D eigenvalue weighted by atomic mass is 10.0. The molecule has 0 radical (unpaired) electrons. The fourth-order valence-electron chi connectivity index (χ4n) is 4.72. The number of anilines is 2. The van der Waals surface area contributed by atoms with Gasteiger partial charge in [0.25, 0.3) is 0 Å². The highest BCUT2D eigenvalue weighted by Gasteiger charge is 2.29. The second-order valence-electron chi connectivity index (χ2n) is 8.74. The van der Waals surface area contributed by atoms with Crippen LogP contribution in [0.3, 0.4) is 0 Å². The molecule has 0 bridgehead atoms. The molecule has 0 atom stereocenters. The predicted octanol–water partition coefficient (Wildman–Crippen LogP) is 2.91. The zero-order valence-corrected chi connectivity index (χ0v) is 20.0. The second-order valence-corrected chi connectivity index (χ2v) is 8.74. The normalized spacial score (nSPS) is 14.1. The largest absolute Gasteiger partial charge is 0.394 e. The van der Waals surface area contributed by atoms with Gasteiger partial charge in [-0.15, -0.1) is 0 Å². The molecule has 3 N–H and O–H groups in total. The number of aromatic nitrogens is 6. The number of hydrogen-bond donors (Lipinski definition) is 2. The van der Waals surface area contributed by atoms with Gasteiger partial charge in [0.05, 0.1) is 61.9 Å². The summed E-state index contributed by atoms with van der Waals surface area (Å²) in [4.78, 5) is 27.6. The Morgan fingerprint density at radius 1 is 1.28 bits per heavy atom. The Balaban J connectivity index is 1.47. The maximum atomic E-state index is 12.8. The number of carbonyl (C=O) groups is 1. The molecule has 4 aromatic heterocycles. The summed E-state index contributed by atoms with van der Waals surface area (Å²) in [5.74, 6) is 1.000. The molecule has 1 saturated carbocycles. The van der Waals surface area contributed by atoms with Crippen molar-refractivity contribution in [3.8, 4) is 11.5 Å². The molecule has 188 valence electrons. The fraction of sp³-hybridized carbons (Fsp3) is 0.417. The number of pyridine rings is 1. The molecule has 5 rings (SSSR count). The molecule has 0 aromatic carbocycles. The third kappa shape index (κ3) is 4.64. The Bertz CT molecular complexity index is 1360. The summed E-state index contributed by atoms with van der Waals surface area (Å²) in [5, 5.41) is 17.3. The van der Waals surface area contributed by atoms with Gasteiger partial charge < -0.3 is 20.1 Å². The van der Waals surface area contributed by atoms with E-state index in [1.807, 2.05) is 19.1 Å². The predicted molar refractivity (Wildman–Crippen MR) is 130 cm³/mol.